The first kappa shape index (κ1) is 15.9. The predicted octanol–water partition coefficient (Wildman–Crippen LogP) is 1.90. The number of nitrogens with one attached hydrogen (secondary N) is 1. The van der Waals surface area contributed by atoms with Crippen molar-refractivity contribution >= 4 is 17.7 Å². The van der Waals surface area contributed by atoms with Gasteiger partial charge in [-0.25, -0.2) is 4.68 Å². The van der Waals surface area contributed by atoms with Crippen molar-refractivity contribution in [1.82, 2.24) is 25.5 Å². The summed E-state index contributed by atoms with van der Waals surface area (Å²) in [5, 5.41) is 15.0. The minimum Gasteiger partial charge on any atom is -0.355 e. The SMILES string of the molecule is CC(C)n1nnnc1SCC(=O)NCCC(C)(C)C. The Morgan fingerprint density at radius 3 is 2.68 bits per heavy atom. The van der Waals surface area contributed by atoms with Crippen molar-refractivity contribution < 1.29 is 4.79 Å². The van der Waals surface area contributed by atoms with E-state index in [1.165, 1.54) is 11.8 Å². The summed E-state index contributed by atoms with van der Waals surface area (Å²) >= 11 is 1.36. The zero-order chi connectivity index (χ0) is 14.5. The Morgan fingerprint density at radius 2 is 2.11 bits per heavy atom. The van der Waals surface area contributed by atoms with E-state index in [1.54, 1.807) is 4.68 Å². The van der Waals surface area contributed by atoms with Crippen molar-refractivity contribution in [2.24, 2.45) is 5.41 Å². The molecule has 0 spiro atoms. The molecule has 0 aromatic carbocycles. The molecule has 1 amide bonds. The standard InChI is InChI=1S/C12H23N5OS/c1-9(2)17-11(14-15-16-17)19-8-10(18)13-7-6-12(3,4)5/h9H,6-8H2,1-5H3,(H,13,18). The summed E-state index contributed by atoms with van der Waals surface area (Å²) < 4.78 is 1.72. The van der Waals surface area contributed by atoms with E-state index >= 15 is 0 Å². The molecular formula is C12H23N5OS. The molecular weight excluding hydrogens is 262 g/mol. The molecule has 0 bridgehead atoms. The van der Waals surface area contributed by atoms with E-state index in [4.69, 9.17) is 0 Å². The van der Waals surface area contributed by atoms with Gasteiger partial charge in [0, 0.05) is 6.54 Å². The monoisotopic (exact) mass is 285 g/mol. The lowest BCUT2D eigenvalue weighted by molar-refractivity contribution is -0.118. The highest BCUT2D eigenvalue weighted by Gasteiger charge is 2.13. The number of nitrogens with zero attached hydrogens (tertiary/aromatic N) is 4. The Kier molecular flexibility index (Phi) is 5.78. The van der Waals surface area contributed by atoms with Crippen LogP contribution in [0.1, 0.15) is 47.1 Å². The first-order chi connectivity index (χ1) is 8.79. The maximum atomic E-state index is 11.7. The van der Waals surface area contributed by atoms with Gasteiger partial charge in [-0.15, -0.1) is 5.10 Å². The summed E-state index contributed by atoms with van der Waals surface area (Å²) in [6.45, 7) is 11.2. The lowest BCUT2D eigenvalue weighted by Crippen LogP contribution is -2.28. The molecule has 0 fully saturated rings. The molecule has 0 atom stereocenters. The molecule has 7 heteroatoms. The largest absolute Gasteiger partial charge is 0.355 e. The molecule has 1 N–H and O–H groups in total. The molecule has 0 aliphatic heterocycles. The highest BCUT2D eigenvalue weighted by atomic mass is 32.2. The van der Waals surface area contributed by atoms with Crippen LogP contribution in [0.25, 0.3) is 0 Å². The van der Waals surface area contributed by atoms with Crippen LogP contribution in [0.4, 0.5) is 0 Å². The van der Waals surface area contributed by atoms with Crippen LogP contribution in [0.3, 0.4) is 0 Å². The number of rotatable bonds is 6. The number of carbonyl (C=O) groups is 1. The number of hydrogen-bond acceptors (Lipinski definition) is 5. The Bertz CT molecular complexity index is 410. The minimum atomic E-state index is 0.0209. The van der Waals surface area contributed by atoms with Crippen molar-refractivity contribution in [3.05, 3.63) is 0 Å². The molecule has 0 saturated carbocycles. The zero-order valence-corrected chi connectivity index (χ0v) is 13.1. The predicted molar refractivity (Wildman–Crippen MR) is 76.0 cm³/mol. The number of hydrogen-bond donors (Lipinski definition) is 1. The van der Waals surface area contributed by atoms with Gasteiger partial charge >= 0.3 is 0 Å². The van der Waals surface area contributed by atoms with Crippen LogP contribution in [-0.4, -0.2) is 38.4 Å². The Morgan fingerprint density at radius 1 is 1.42 bits per heavy atom. The number of carbonyl (C=O) groups excluding carboxylic acids is 1. The Balaban J connectivity index is 2.32. The lowest BCUT2D eigenvalue weighted by Gasteiger charge is -2.17. The second kappa shape index (κ2) is 6.88. The molecule has 0 saturated heterocycles. The first-order valence-corrected chi connectivity index (χ1v) is 7.45. The van der Waals surface area contributed by atoms with Gasteiger partial charge in [-0.3, -0.25) is 4.79 Å². The van der Waals surface area contributed by atoms with E-state index < -0.39 is 0 Å². The summed E-state index contributed by atoms with van der Waals surface area (Å²) in [4.78, 5) is 11.7. The number of aromatic nitrogens is 4. The lowest BCUT2D eigenvalue weighted by atomic mass is 9.92. The molecule has 0 aliphatic rings. The highest BCUT2D eigenvalue weighted by molar-refractivity contribution is 7.99. The third-order valence-electron chi connectivity index (χ3n) is 2.48. The maximum absolute atomic E-state index is 11.7. The summed E-state index contributed by atoms with van der Waals surface area (Å²) in [5.41, 5.74) is 0.238. The summed E-state index contributed by atoms with van der Waals surface area (Å²) in [7, 11) is 0. The topological polar surface area (TPSA) is 72.7 Å². The molecule has 0 unspecified atom stereocenters. The molecule has 6 nitrogen and oxygen atoms in total. The van der Waals surface area contributed by atoms with E-state index in [-0.39, 0.29) is 17.4 Å². The molecule has 1 aromatic rings. The average Bonchev–Trinajstić information content (AvgIpc) is 2.72. The van der Waals surface area contributed by atoms with Gasteiger partial charge in [-0.05, 0) is 36.1 Å². The van der Waals surface area contributed by atoms with Crippen molar-refractivity contribution in [3.8, 4) is 0 Å². The number of tetrazole rings is 1. The molecule has 19 heavy (non-hydrogen) atoms. The van der Waals surface area contributed by atoms with Crippen LogP contribution in [0, 0.1) is 5.41 Å². The van der Waals surface area contributed by atoms with E-state index in [2.05, 4.69) is 41.6 Å². The second-order valence-electron chi connectivity index (χ2n) is 5.95. The van der Waals surface area contributed by atoms with Gasteiger partial charge in [-0.2, -0.15) is 0 Å². The summed E-state index contributed by atoms with van der Waals surface area (Å²) in [5.74, 6) is 0.365. The fraction of sp³-hybridized carbons (Fsp3) is 0.833. The maximum Gasteiger partial charge on any atom is 0.230 e. The number of thioether (sulfide) groups is 1. The van der Waals surface area contributed by atoms with Gasteiger partial charge in [0.2, 0.25) is 11.1 Å². The van der Waals surface area contributed by atoms with E-state index in [0.29, 0.717) is 17.5 Å². The minimum absolute atomic E-state index is 0.0209. The summed E-state index contributed by atoms with van der Waals surface area (Å²) in [6, 6.07) is 0.196. The quantitative estimate of drug-likeness (QED) is 0.808. The third-order valence-corrected chi connectivity index (χ3v) is 3.41. The normalized spacial score (nSPS) is 11.9. The van der Waals surface area contributed by atoms with Crippen LogP contribution in [0.5, 0.6) is 0 Å². The van der Waals surface area contributed by atoms with Crippen molar-refractivity contribution in [2.45, 2.75) is 52.2 Å². The second-order valence-corrected chi connectivity index (χ2v) is 6.89. The first-order valence-electron chi connectivity index (χ1n) is 6.47. The summed E-state index contributed by atoms with van der Waals surface area (Å²) in [6.07, 6.45) is 0.965. The highest BCUT2D eigenvalue weighted by Crippen LogP contribution is 2.18. The Labute approximate surface area is 118 Å². The number of amides is 1. The van der Waals surface area contributed by atoms with Crippen LogP contribution in [0.15, 0.2) is 5.16 Å². The van der Waals surface area contributed by atoms with Gasteiger partial charge in [0.1, 0.15) is 0 Å². The molecule has 0 aliphatic carbocycles. The molecule has 1 rings (SSSR count). The molecule has 1 heterocycles. The van der Waals surface area contributed by atoms with Crippen LogP contribution in [-0.2, 0) is 4.79 Å². The van der Waals surface area contributed by atoms with Gasteiger partial charge in [-0.1, -0.05) is 32.5 Å². The van der Waals surface area contributed by atoms with Gasteiger partial charge < -0.3 is 5.32 Å². The molecule has 108 valence electrons. The van der Waals surface area contributed by atoms with E-state index in [1.807, 2.05) is 13.8 Å². The van der Waals surface area contributed by atoms with Gasteiger partial charge in [0.05, 0.1) is 11.8 Å². The third kappa shape index (κ3) is 6.04. The van der Waals surface area contributed by atoms with Crippen LogP contribution < -0.4 is 5.32 Å². The van der Waals surface area contributed by atoms with E-state index in [9.17, 15) is 4.79 Å². The van der Waals surface area contributed by atoms with Crippen LogP contribution >= 0.6 is 11.8 Å². The fourth-order valence-corrected chi connectivity index (χ4v) is 2.20. The van der Waals surface area contributed by atoms with Gasteiger partial charge in [0.15, 0.2) is 0 Å². The average molecular weight is 285 g/mol. The van der Waals surface area contributed by atoms with Crippen molar-refractivity contribution in [3.63, 3.8) is 0 Å². The Hall–Kier alpha value is -1.11. The van der Waals surface area contributed by atoms with Crippen LogP contribution in [0.2, 0.25) is 0 Å². The zero-order valence-electron chi connectivity index (χ0n) is 12.3. The smallest absolute Gasteiger partial charge is 0.230 e. The fourth-order valence-electron chi connectivity index (χ4n) is 1.36. The van der Waals surface area contributed by atoms with Crippen molar-refractivity contribution in [1.29, 1.82) is 0 Å². The molecule has 0 radical (unpaired) electrons. The van der Waals surface area contributed by atoms with E-state index in [0.717, 1.165) is 6.42 Å². The molecule has 1 aromatic heterocycles. The van der Waals surface area contributed by atoms with Gasteiger partial charge in [0.25, 0.3) is 0 Å². The van der Waals surface area contributed by atoms with Crippen molar-refractivity contribution in [2.75, 3.05) is 12.3 Å².